The van der Waals surface area contributed by atoms with Gasteiger partial charge in [0.2, 0.25) is 5.91 Å². The Balaban J connectivity index is 1.59. The lowest BCUT2D eigenvalue weighted by Crippen LogP contribution is -2.33. The molecule has 25 heavy (non-hydrogen) atoms. The van der Waals surface area contributed by atoms with Gasteiger partial charge in [0.1, 0.15) is 0 Å². The number of carbonyl (C=O) groups excluding carboxylic acids is 1. The first-order chi connectivity index (χ1) is 12.2. The van der Waals surface area contributed by atoms with Crippen LogP contribution in [0.3, 0.4) is 0 Å². The quantitative estimate of drug-likeness (QED) is 0.827. The first-order valence-electron chi connectivity index (χ1n) is 9.18. The topological polar surface area (TPSA) is 45.2 Å². The predicted molar refractivity (Wildman–Crippen MR) is 104 cm³/mol. The molecule has 1 aliphatic heterocycles. The van der Waals surface area contributed by atoms with Gasteiger partial charge < -0.3 is 5.32 Å². The van der Waals surface area contributed by atoms with Gasteiger partial charge >= 0.3 is 0 Å². The van der Waals surface area contributed by atoms with E-state index in [9.17, 15) is 4.79 Å². The van der Waals surface area contributed by atoms with Gasteiger partial charge in [-0.15, -0.1) is 11.3 Å². The van der Waals surface area contributed by atoms with E-state index in [1.807, 2.05) is 37.3 Å². The average Bonchev–Trinajstić information content (AvgIpc) is 3.03. The number of hydrogen-bond donors (Lipinski definition) is 1. The Bertz CT molecular complexity index is 685. The van der Waals surface area contributed by atoms with Crippen molar-refractivity contribution in [3.05, 3.63) is 47.0 Å². The maximum Gasteiger partial charge on any atom is 0.233 e. The first kappa shape index (κ1) is 18.1. The smallest absolute Gasteiger partial charge is 0.233 e. The second kappa shape index (κ2) is 8.59. The van der Waals surface area contributed by atoms with Gasteiger partial charge in [-0.25, -0.2) is 4.98 Å². The van der Waals surface area contributed by atoms with E-state index in [-0.39, 0.29) is 11.8 Å². The van der Waals surface area contributed by atoms with Crippen LogP contribution in [-0.4, -0.2) is 28.9 Å². The lowest BCUT2D eigenvalue weighted by atomic mass is 9.96. The van der Waals surface area contributed by atoms with Crippen LogP contribution < -0.4 is 5.32 Å². The van der Waals surface area contributed by atoms with Crippen molar-refractivity contribution in [2.24, 2.45) is 5.92 Å². The summed E-state index contributed by atoms with van der Waals surface area (Å²) in [6.45, 7) is 7.53. The van der Waals surface area contributed by atoms with Crippen LogP contribution in [0.2, 0.25) is 0 Å². The van der Waals surface area contributed by atoms with Gasteiger partial charge in [0, 0.05) is 18.5 Å². The van der Waals surface area contributed by atoms with Crippen molar-refractivity contribution in [1.82, 2.24) is 9.88 Å². The van der Waals surface area contributed by atoms with Gasteiger partial charge in [0.25, 0.3) is 0 Å². The Morgan fingerprint density at radius 3 is 2.92 bits per heavy atom. The zero-order chi connectivity index (χ0) is 17.6. The van der Waals surface area contributed by atoms with Crippen molar-refractivity contribution in [2.75, 3.05) is 18.4 Å². The fourth-order valence-electron chi connectivity index (χ4n) is 3.55. The summed E-state index contributed by atoms with van der Waals surface area (Å²) in [4.78, 5) is 19.7. The Morgan fingerprint density at radius 1 is 1.40 bits per heavy atom. The maximum atomic E-state index is 12.6. The number of anilines is 1. The molecule has 0 aliphatic carbocycles. The van der Waals surface area contributed by atoms with Gasteiger partial charge in [0.05, 0.1) is 11.6 Å². The number of piperidine rings is 1. The van der Waals surface area contributed by atoms with Gasteiger partial charge in [-0.05, 0) is 37.3 Å². The molecule has 2 heterocycles. The van der Waals surface area contributed by atoms with E-state index in [2.05, 4.69) is 27.5 Å². The molecule has 1 amide bonds. The number of benzene rings is 1. The minimum absolute atomic E-state index is 0.0289. The lowest BCUT2D eigenvalue weighted by Gasteiger charge is -2.30. The predicted octanol–water partition coefficient (Wildman–Crippen LogP) is 4.51. The molecule has 4 nitrogen and oxygen atoms in total. The first-order valence-corrected chi connectivity index (χ1v) is 10.1. The zero-order valence-corrected chi connectivity index (χ0v) is 15.9. The molecular formula is C20H27N3OS. The molecule has 0 radical (unpaired) electrons. The van der Waals surface area contributed by atoms with E-state index < -0.39 is 0 Å². The zero-order valence-electron chi connectivity index (χ0n) is 15.1. The summed E-state index contributed by atoms with van der Waals surface area (Å²) in [7, 11) is 0. The average molecular weight is 358 g/mol. The van der Waals surface area contributed by atoms with Crippen molar-refractivity contribution in [2.45, 2.75) is 45.6 Å². The number of thiazole rings is 1. The lowest BCUT2D eigenvalue weighted by molar-refractivity contribution is -0.117. The number of nitrogens with one attached hydrogen (secondary N) is 1. The van der Waals surface area contributed by atoms with Crippen LogP contribution in [0, 0.1) is 5.92 Å². The molecule has 2 aromatic rings. The number of carbonyl (C=O) groups is 1. The van der Waals surface area contributed by atoms with Crippen LogP contribution in [-0.2, 0) is 11.3 Å². The Morgan fingerprint density at radius 2 is 2.20 bits per heavy atom. The third-order valence-corrected chi connectivity index (χ3v) is 5.64. The number of likely N-dealkylation sites (tertiary alicyclic amines) is 1. The van der Waals surface area contributed by atoms with E-state index >= 15 is 0 Å². The minimum atomic E-state index is -0.128. The highest BCUT2D eigenvalue weighted by atomic mass is 32.1. The molecule has 1 fully saturated rings. The van der Waals surface area contributed by atoms with E-state index in [1.165, 1.54) is 24.2 Å². The molecule has 1 aliphatic rings. The summed E-state index contributed by atoms with van der Waals surface area (Å²) in [5.41, 5.74) is 2.11. The monoisotopic (exact) mass is 357 g/mol. The molecule has 1 saturated heterocycles. The standard InChI is InChI=1S/C20H27N3OS/c1-3-18(16-9-5-4-6-10-16)19(24)22-20-21-17(14-25-20)13-23-11-7-8-15(2)12-23/h4-6,9-10,14-15,18H,3,7-8,11-13H2,1-2H3,(H,21,22,24)/t15-,18-/m0/s1. The largest absolute Gasteiger partial charge is 0.301 e. The van der Waals surface area contributed by atoms with Crippen LogP contribution >= 0.6 is 11.3 Å². The van der Waals surface area contributed by atoms with Crippen molar-refractivity contribution in [3.8, 4) is 0 Å². The minimum Gasteiger partial charge on any atom is -0.301 e. The molecule has 0 spiro atoms. The SMILES string of the molecule is CC[C@H](C(=O)Nc1nc(CN2CCC[C@H](C)C2)cs1)c1ccccc1. The van der Waals surface area contributed by atoms with E-state index in [4.69, 9.17) is 0 Å². The van der Waals surface area contributed by atoms with E-state index in [0.717, 1.165) is 43.2 Å². The molecule has 134 valence electrons. The maximum absolute atomic E-state index is 12.6. The molecular weight excluding hydrogens is 330 g/mol. The normalized spacial score (nSPS) is 19.5. The fourth-order valence-corrected chi connectivity index (χ4v) is 4.25. The fraction of sp³-hybridized carbons (Fsp3) is 0.500. The van der Waals surface area contributed by atoms with Gasteiger partial charge in [-0.3, -0.25) is 9.69 Å². The van der Waals surface area contributed by atoms with Crippen LogP contribution in [0.15, 0.2) is 35.7 Å². The number of amides is 1. The Kier molecular flexibility index (Phi) is 6.21. The van der Waals surface area contributed by atoms with Crippen LogP contribution in [0.5, 0.6) is 0 Å². The second-order valence-corrected chi connectivity index (χ2v) is 7.85. The second-order valence-electron chi connectivity index (χ2n) is 6.99. The summed E-state index contributed by atoms with van der Waals surface area (Å²) in [6.07, 6.45) is 3.37. The molecule has 0 bridgehead atoms. The van der Waals surface area contributed by atoms with Crippen LogP contribution in [0.25, 0.3) is 0 Å². The molecule has 1 aromatic carbocycles. The highest BCUT2D eigenvalue weighted by Gasteiger charge is 2.20. The van der Waals surface area contributed by atoms with Crippen molar-refractivity contribution in [3.63, 3.8) is 0 Å². The van der Waals surface area contributed by atoms with Crippen molar-refractivity contribution in [1.29, 1.82) is 0 Å². The summed E-state index contributed by atoms with van der Waals surface area (Å²) < 4.78 is 0. The Labute approximate surface area is 154 Å². The van der Waals surface area contributed by atoms with Gasteiger partial charge in [-0.2, -0.15) is 0 Å². The molecule has 0 unspecified atom stereocenters. The number of rotatable bonds is 6. The number of nitrogens with zero attached hydrogens (tertiary/aromatic N) is 2. The molecule has 2 atom stereocenters. The molecule has 5 heteroatoms. The Hall–Kier alpha value is -1.72. The van der Waals surface area contributed by atoms with E-state index in [0.29, 0.717) is 5.13 Å². The number of hydrogen-bond acceptors (Lipinski definition) is 4. The summed E-state index contributed by atoms with van der Waals surface area (Å²) in [5.74, 6) is 0.667. The van der Waals surface area contributed by atoms with Crippen LogP contribution in [0.4, 0.5) is 5.13 Å². The third-order valence-electron chi connectivity index (χ3n) is 4.84. The molecule has 1 aromatic heterocycles. The molecule has 3 rings (SSSR count). The van der Waals surface area contributed by atoms with Gasteiger partial charge in [0.15, 0.2) is 5.13 Å². The third kappa shape index (κ3) is 4.89. The van der Waals surface area contributed by atoms with Crippen molar-refractivity contribution >= 4 is 22.4 Å². The van der Waals surface area contributed by atoms with Crippen LogP contribution in [0.1, 0.15) is 50.3 Å². The highest BCUT2D eigenvalue weighted by Crippen LogP contribution is 2.24. The molecule has 1 N–H and O–H groups in total. The highest BCUT2D eigenvalue weighted by molar-refractivity contribution is 7.13. The van der Waals surface area contributed by atoms with Crippen molar-refractivity contribution < 1.29 is 4.79 Å². The van der Waals surface area contributed by atoms with Gasteiger partial charge in [-0.1, -0.05) is 44.2 Å². The summed E-state index contributed by atoms with van der Waals surface area (Å²) >= 11 is 1.52. The molecule has 0 saturated carbocycles. The number of aromatic nitrogens is 1. The summed E-state index contributed by atoms with van der Waals surface area (Å²) in [6, 6.07) is 9.96. The van der Waals surface area contributed by atoms with E-state index in [1.54, 1.807) is 0 Å². The summed E-state index contributed by atoms with van der Waals surface area (Å²) in [5, 5.41) is 5.78.